The SMILES string of the molecule is c1ccc2c(c1)C[C@@H]1OC(CC3=N[C@@H]4c5ccccc5CC4O3)=NC21. The van der Waals surface area contributed by atoms with Gasteiger partial charge in [0.15, 0.2) is 11.8 Å². The number of hydrogen-bond donors (Lipinski definition) is 0. The van der Waals surface area contributed by atoms with E-state index in [2.05, 4.69) is 48.5 Å². The van der Waals surface area contributed by atoms with Crippen LogP contribution in [0.5, 0.6) is 0 Å². The van der Waals surface area contributed by atoms with Crippen LogP contribution >= 0.6 is 0 Å². The van der Waals surface area contributed by atoms with Crippen LogP contribution in [-0.2, 0) is 22.3 Å². The molecule has 0 radical (unpaired) electrons. The molecule has 2 aliphatic heterocycles. The van der Waals surface area contributed by atoms with E-state index in [0.717, 1.165) is 24.6 Å². The molecule has 2 aliphatic carbocycles. The molecule has 2 unspecified atom stereocenters. The molecule has 0 amide bonds. The fraction of sp³-hybridized carbons (Fsp3) is 0.333. The summed E-state index contributed by atoms with van der Waals surface area (Å²) < 4.78 is 12.2. The van der Waals surface area contributed by atoms with Crippen molar-refractivity contribution in [3.63, 3.8) is 0 Å². The fourth-order valence-electron chi connectivity index (χ4n) is 4.62. The number of benzene rings is 2. The van der Waals surface area contributed by atoms with Gasteiger partial charge in [0.25, 0.3) is 0 Å². The van der Waals surface area contributed by atoms with Gasteiger partial charge in [0.1, 0.15) is 24.3 Å². The number of fused-ring (bicyclic) bond motifs is 6. The maximum absolute atomic E-state index is 6.11. The lowest BCUT2D eigenvalue weighted by molar-refractivity contribution is 0.192. The second kappa shape index (κ2) is 4.94. The third kappa shape index (κ3) is 2.00. The average Bonchev–Trinajstić information content (AvgIpc) is 3.33. The normalized spacial score (nSPS) is 30.6. The molecule has 0 saturated carbocycles. The Morgan fingerprint density at radius 2 is 1.20 bits per heavy atom. The van der Waals surface area contributed by atoms with Crippen LogP contribution in [0.15, 0.2) is 58.5 Å². The molecule has 0 saturated heterocycles. The van der Waals surface area contributed by atoms with E-state index in [4.69, 9.17) is 19.5 Å². The Balaban J connectivity index is 1.23. The Hall–Kier alpha value is -2.62. The average molecular weight is 330 g/mol. The summed E-state index contributed by atoms with van der Waals surface area (Å²) in [6, 6.07) is 17.3. The molecule has 6 rings (SSSR count). The quantitative estimate of drug-likeness (QED) is 0.845. The van der Waals surface area contributed by atoms with Gasteiger partial charge in [-0.05, 0) is 22.3 Å². The molecule has 4 heteroatoms. The minimum Gasteiger partial charge on any atom is -0.474 e. The molecular formula is C21H18N2O2. The lowest BCUT2D eigenvalue weighted by Crippen LogP contribution is -2.17. The molecular weight excluding hydrogens is 312 g/mol. The van der Waals surface area contributed by atoms with Gasteiger partial charge in [0, 0.05) is 12.8 Å². The lowest BCUT2D eigenvalue weighted by Gasteiger charge is -2.10. The molecule has 2 aromatic carbocycles. The van der Waals surface area contributed by atoms with Gasteiger partial charge in [0.2, 0.25) is 0 Å². The molecule has 4 aliphatic rings. The van der Waals surface area contributed by atoms with Crippen LogP contribution in [0, 0.1) is 0 Å². The van der Waals surface area contributed by atoms with Crippen LogP contribution in [0.1, 0.15) is 40.8 Å². The highest BCUT2D eigenvalue weighted by Gasteiger charge is 2.42. The van der Waals surface area contributed by atoms with Crippen molar-refractivity contribution in [3.05, 3.63) is 70.8 Å². The standard InChI is InChI=1S/C21H18N2O2/c1-3-7-14-12(5-1)9-16-20(14)22-18(24-16)11-19-23-21-15-8-4-2-6-13(15)10-17(21)25-19/h1-8,16-17,20-21H,9-11H2/t16-,17?,20?,21+/m0/s1. The van der Waals surface area contributed by atoms with Crippen molar-refractivity contribution < 1.29 is 9.47 Å². The van der Waals surface area contributed by atoms with E-state index in [-0.39, 0.29) is 24.3 Å². The lowest BCUT2D eigenvalue weighted by atomic mass is 10.1. The van der Waals surface area contributed by atoms with Gasteiger partial charge in [0.05, 0.1) is 6.42 Å². The molecule has 25 heavy (non-hydrogen) atoms. The van der Waals surface area contributed by atoms with Crippen LogP contribution in [0.3, 0.4) is 0 Å². The first-order valence-corrected chi connectivity index (χ1v) is 8.97. The Morgan fingerprint density at radius 3 is 1.72 bits per heavy atom. The Labute approximate surface area is 146 Å². The summed E-state index contributed by atoms with van der Waals surface area (Å²) in [6.45, 7) is 0. The molecule has 0 aromatic heterocycles. The summed E-state index contributed by atoms with van der Waals surface area (Å²) in [5.41, 5.74) is 5.34. The van der Waals surface area contributed by atoms with Gasteiger partial charge < -0.3 is 9.47 Å². The molecule has 0 N–H and O–H groups in total. The highest BCUT2D eigenvalue weighted by molar-refractivity contribution is 5.98. The zero-order chi connectivity index (χ0) is 16.4. The number of ether oxygens (including phenoxy) is 2. The Bertz CT molecular complexity index is 857. The van der Waals surface area contributed by atoms with Crippen LogP contribution in [0.4, 0.5) is 0 Å². The number of rotatable bonds is 2. The number of aliphatic imine (C=N–C) groups is 2. The second-order valence-corrected chi connectivity index (χ2v) is 7.23. The predicted molar refractivity (Wildman–Crippen MR) is 95.0 cm³/mol. The third-order valence-electron chi connectivity index (χ3n) is 5.74. The van der Waals surface area contributed by atoms with Crippen LogP contribution < -0.4 is 0 Å². The summed E-state index contributed by atoms with van der Waals surface area (Å²) in [5, 5.41) is 0. The van der Waals surface area contributed by atoms with E-state index < -0.39 is 0 Å². The minimum atomic E-state index is 0.147. The summed E-state index contributed by atoms with van der Waals surface area (Å²) in [5.74, 6) is 1.55. The van der Waals surface area contributed by atoms with Gasteiger partial charge in [-0.25, -0.2) is 9.98 Å². The van der Waals surface area contributed by atoms with Crippen LogP contribution in [0.25, 0.3) is 0 Å². The first-order valence-electron chi connectivity index (χ1n) is 8.97. The van der Waals surface area contributed by atoms with E-state index in [1.165, 1.54) is 22.3 Å². The molecule has 4 nitrogen and oxygen atoms in total. The summed E-state index contributed by atoms with van der Waals surface area (Å²) in [4.78, 5) is 9.65. The van der Waals surface area contributed by atoms with Crippen molar-refractivity contribution in [2.75, 3.05) is 0 Å². The van der Waals surface area contributed by atoms with E-state index >= 15 is 0 Å². The predicted octanol–water partition coefficient (Wildman–Crippen LogP) is 3.57. The monoisotopic (exact) mass is 330 g/mol. The van der Waals surface area contributed by atoms with Gasteiger partial charge in [-0.2, -0.15) is 0 Å². The fourth-order valence-corrected chi connectivity index (χ4v) is 4.62. The highest BCUT2D eigenvalue weighted by atomic mass is 16.5. The van der Waals surface area contributed by atoms with Crippen molar-refractivity contribution in [2.24, 2.45) is 9.98 Å². The molecule has 4 atom stereocenters. The van der Waals surface area contributed by atoms with Gasteiger partial charge in [-0.3, -0.25) is 0 Å². The van der Waals surface area contributed by atoms with Crippen molar-refractivity contribution in [1.29, 1.82) is 0 Å². The maximum atomic E-state index is 6.11. The highest BCUT2D eigenvalue weighted by Crippen LogP contribution is 2.42. The van der Waals surface area contributed by atoms with E-state index in [1.54, 1.807) is 0 Å². The summed E-state index contributed by atoms with van der Waals surface area (Å²) >= 11 is 0. The van der Waals surface area contributed by atoms with Gasteiger partial charge >= 0.3 is 0 Å². The first kappa shape index (κ1) is 13.6. The smallest absolute Gasteiger partial charge is 0.193 e. The van der Waals surface area contributed by atoms with E-state index in [9.17, 15) is 0 Å². The second-order valence-electron chi connectivity index (χ2n) is 7.23. The topological polar surface area (TPSA) is 43.2 Å². The molecule has 2 aromatic rings. The minimum absolute atomic E-state index is 0.147. The first-order chi connectivity index (χ1) is 12.3. The van der Waals surface area contributed by atoms with E-state index in [1.807, 2.05) is 0 Å². The summed E-state index contributed by atoms with van der Waals surface area (Å²) in [7, 11) is 0. The number of nitrogens with zero attached hydrogens (tertiary/aromatic N) is 2. The summed E-state index contributed by atoms with van der Waals surface area (Å²) in [6.07, 6.45) is 2.76. The Morgan fingerprint density at radius 1 is 0.720 bits per heavy atom. The number of hydrogen-bond acceptors (Lipinski definition) is 4. The van der Waals surface area contributed by atoms with Crippen molar-refractivity contribution >= 4 is 11.8 Å². The zero-order valence-corrected chi connectivity index (χ0v) is 13.8. The van der Waals surface area contributed by atoms with Crippen molar-refractivity contribution in [3.8, 4) is 0 Å². The van der Waals surface area contributed by atoms with Gasteiger partial charge in [-0.1, -0.05) is 48.5 Å². The van der Waals surface area contributed by atoms with Crippen molar-refractivity contribution in [1.82, 2.24) is 0 Å². The molecule has 124 valence electrons. The van der Waals surface area contributed by atoms with Crippen LogP contribution in [0.2, 0.25) is 0 Å². The molecule has 0 bridgehead atoms. The van der Waals surface area contributed by atoms with E-state index in [0.29, 0.717) is 6.42 Å². The molecule has 2 heterocycles. The third-order valence-corrected chi connectivity index (χ3v) is 5.74. The molecule has 0 fully saturated rings. The molecule has 0 spiro atoms. The van der Waals surface area contributed by atoms with Crippen LogP contribution in [-0.4, -0.2) is 24.0 Å². The Kier molecular flexibility index (Phi) is 2.70. The largest absolute Gasteiger partial charge is 0.474 e. The zero-order valence-electron chi connectivity index (χ0n) is 13.8. The van der Waals surface area contributed by atoms with Crippen molar-refractivity contribution in [2.45, 2.75) is 43.6 Å². The maximum Gasteiger partial charge on any atom is 0.193 e. The van der Waals surface area contributed by atoms with Gasteiger partial charge in [-0.15, -0.1) is 0 Å².